The second kappa shape index (κ2) is 7.60. The highest BCUT2D eigenvalue weighted by Crippen LogP contribution is 2.28. The summed E-state index contributed by atoms with van der Waals surface area (Å²) in [6.45, 7) is 7.62. The molecule has 0 radical (unpaired) electrons. The van der Waals surface area contributed by atoms with Crippen molar-refractivity contribution in [1.29, 1.82) is 0 Å². The molecule has 1 aliphatic carbocycles. The molecule has 2 rings (SSSR count). The average molecular weight is 288 g/mol. The molecule has 0 heterocycles. The number of benzene rings is 1. The van der Waals surface area contributed by atoms with Gasteiger partial charge in [-0.3, -0.25) is 4.79 Å². The number of nitrogens with zero attached hydrogens (tertiary/aromatic N) is 1. The van der Waals surface area contributed by atoms with E-state index in [1.54, 1.807) is 0 Å². The Balaban J connectivity index is 1.93. The van der Waals surface area contributed by atoms with E-state index in [9.17, 15) is 4.79 Å². The summed E-state index contributed by atoms with van der Waals surface area (Å²) in [7, 11) is 0. The highest BCUT2D eigenvalue weighted by atomic mass is 16.2. The fraction of sp³-hybridized carbons (Fsp3) is 0.611. The summed E-state index contributed by atoms with van der Waals surface area (Å²) in [5.74, 6) is 0.234. The minimum Gasteiger partial charge on any atom is -0.334 e. The number of carbonyl (C=O) groups is 1. The number of aryl methyl sites for hydroxylation is 1. The van der Waals surface area contributed by atoms with Crippen LogP contribution in [0.15, 0.2) is 24.3 Å². The molecule has 1 N–H and O–H groups in total. The molecule has 21 heavy (non-hydrogen) atoms. The number of hydrogen-bond donors (Lipinski definition) is 1. The van der Waals surface area contributed by atoms with Crippen LogP contribution in [-0.2, 0) is 17.8 Å². The van der Waals surface area contributed by atoms with Crippen LogP contribution in [0.25, 0.3) is 0 Å². The standard InChI is InChI=1S/C18H28N2O/c1-4-14(3)19-12-18(21)20(17-10-11-17)13-16-8-6-15(5-2)7-9-16/h6-9,14,17,19H,4-5,10-13H2,1-3H3. The zero-order valence-electron chi connectivity index (χ0n) is 13.6. The molecule has 0 saturated heterocycles. The van der Waals surface area contributed by atoms with Gasteiger partial charge in [-0.15, -0.1) is 0 Å². The maximum Gasteiger partial charge on any atom is 0.237 e. The minimum atomic E-state index is 0.234. The van der Waals surface area contributed by atoms with Gasteiger partial charge in [0.05, 0.1) is 6.54 Å². The number of carbonyl (C=O) groups excluding carboxylic acids is 1. The highest BCUT2D eigenvalue weighted by molar-refractivity contribution is 5.79. The van der Waals surface area contributed by atoms with Crippen molar-refractivity contribution in [3.63, 3.8) is 0 Å². The summed E-state index contributed by atoms with van der Waals surface area (Å²) in [4.78, 5) is 14.5. The molecular formula is C18H28N2O. The first-order valence-corrected chi connectivity index (χ1v) is 8.24. The number of nitrogens with one attached hydrogen (secondary N) is 1. The quantitative estimate of drug-likeness (QED) is 0.797. The van der Waals surface area contributed by atoms with Crippen molar-refractivity contribution in [3.05, 3.63) is 35.4 Å². The zero-order valence-corrected chi connectivity index (χ0v) is 13.6. The summed E-state index contributed by atoms with van der Waals surface area (Å²) < 4.78 is 0. The topological polar surface area (TPSA) is 32.3 Å². The molecule has 1 amide bonds. The molecule has 1 saturated carbocycles. The molecular weight excluding hydrogens is 260 g/mol. The predicted octanol–water partition coefficient (Wildman–Crippen LogP) is 3.13. The summed E-state index contributed by atoms with van der Waals surface area (Å²) in [6.07, 6.45) is 4.42. The third-order valence-corrected chi connectivity index (χ3v) is 4.31. The third kappa shape index (κ3) is 4.85. The Labute approximate surface area is 128 Å². The van der Waals surface area contributed by atoms with E-state index in [0.717, 1.165) is 32.2 Å². The Morgan fingerprint density at radius 2 is 1.86 bits per heavy atom. The van der Waals surface area contributed by atoms with Crippen LogP contribution >= 0.6 is 0 Å². The molecule has 0 bridgehead atoms. The Hall–Kier alpha value is -1.35. The second-order valence-corrected chi connectivity index (χ2v) is 6.11. The van der Waals surface area contributed by atoms with E-state index in [0.29, 0.717) is 18.6 Å². The van der Waals surface area contributed by atoms with Gasteiger partial charge in [-0.05, 0) is 43.7 Å². The Morgan fingerprint density at radius 1 is 1.24 bits per heavy atom. The van der Waals surface area contributed by atoms with Crippen molar-refractivity contribution in [2.75, 3.05) is 6.54 Å². The van der Waals surface area contributed by atoms with Gasteiger partial charge in [0.2, 0.25) is 5.91 Å². The van der Waals surface area contributed by atoms with Crippen LogP contribution in [0.5, 0.6) is 0 Å². The number of rotatable bonds is 8. The van der Waals surface area contributed by atoms with E-state index >= 15 is 0 Å². The summed E-state index contributed by atoms with van der Waals surface area (Å²) in [5, 5.41) is 3.31. The largest absolute Gasteiger partial charge is 0.334 e. The molecule has 116 valence electrons. The second-order valence-electron chi connectivity index (χ2n) is 6.11. The lowest BCUT2D eigenvalue weighted by Crippen LogP contribution is -2.41. The monoisotopic (exact) mass is 288 g/mol. The predicted molar refractivity (Wildman–Crippen MR) is 87.1 cm³/mol. The van der Waals surface area contributed by atoms with Gasteiger partial charge in [0.1, 0.15) is 0 Å². The van der Waals surface area contributed by atoms with Crippen molar-refractivity contribution in [2.24, 2.45) is 0 Å². The summed E-state index contributed by atoms with van der Waals surface area (Å²) >= 11 is 0. The third-order valence-electron chi connectivity index (χ3n) is 4.31. The Kier molecular flexibility index (Phi) is 5.80. The normalized spacial score (nSPS) is 15.8. The van der Waals surface area contributed by atoms with E-state index in [2.05, 4.69) is 55.3 Å². The first-order chi connectivity index (χ1) is 10.1. The molecule has 3 heteroatoms. The van der Waals surface area contributed by atoms with Gasteiger partial charge in [-0.2, -0.15) is 0 Å². The van der Waals surface area contributed by atoms with Gasteiger partial charge in [0, 0.05) is 18.6 Å². The van der Waals surface area contributed by atoms with Gasteiger partial charge in [-0.1, -0.05) is 38.1 Å². The van der Waals surface area contributed by atoms with Gasteiger partial charge in [-0.25, -0.2) is 0 Å². The molecule has 1 atom stereocenters. The molecule has 0 spiro atoms. The molecule has 1 aliphatic rings. The van der Waals surface area contributed by atoms with Gasteiger partial charge >= 0.3 is 0 Å². The van der Waals surface area contributed by atoms with E-state index in [1.807, 2.05) is 0 Å². The van der Waals surface area contributed by atoms with Crippen LogP contribution in [0.2, 0.25) is 0 Å². The number of amides is 1. The van der Waals surface area contributed by atoms with Crippen LogP contribution in [-0.4, -0.2) is 29.4 Å². The first kappa shape index (κ1) is 16.0. The van der Waals surface area contributed by atoms with Crippen LogP contribution < -0.4 is 5.32 Å². The van der Waals surface area contributed by atoms with Crippen molar-refractivity contribution in [3.8, 4) is 0 Å². The van der Waals surface area contributed by atoms with Crippen molar-refractivity contribution >= 4 is 5.91 Å². The average Bonchev–Trinajstić information content (AvgIpc) is 3.35. The van der Waals surface area contributed by atoms with E-state index in [4.69, 9.17) is 0 Å². The maximum absolute atomic E-state index is 12.4. The van der Waals surface area contributed by atoms with Crippen LogP contribution in [0.3, 0.4) is 0 Å². The Bertz CT molecular complexity index is 451. The lowest BCUT2D eigenvalue weighted by atomic mass is 10.1. The maximum atomic E-state index is 12.4. The lowest BCUT2D eigenvalue weighted by molar-refractivity contribution is -0.131. The molecule has 0 aliphatic heterocycles. The van der Waals surface area contributed by atoms with Crippen molar-refractivity contribution in [2.45, 2.75) is 65.1 Å². The van der Waals surface area contributed by atoms with Crippen LogP contribution in [0, 0.1) is 0 Å². The molecule has 1 fully saturated rings. The van der Waals surface area contributed by atoms with Crippen molar-refractivity contribution in [1.82, 2.24) is 10.2 Å². The van der Waals surface area contributed by atoms with Gasteiger partial charge < -0.3 is 10.2 Å². The fourth-order valence-electron chi connectivity index (χ4n) is 2.39. The van der Waals surface area contributed by atoms with Gasteiger partial charge in [0.15, 0.2) is 0 Å². The molecule has 1 unspecified atom stereocenters. The van der Waals surface area contributed by atoms with E-state index in [1.165, 1.54) is 11.1 Å². The Morgan fingerprint density at radius 3 is 2.38 bits per heavy atom. The lowest BCUT2D eigenvalue weighted by Gasteiger charge is -2.24. The molecule has 1 aromatic rings. The summed E-state index contributed by atoms with van der Waals surface area (Å²) in [5.41, 5.74) is 2.58. The molecule has 1 aromatic carbocycles. The zero-order chi connectivity index (χ0) is 15.2. The smallest absolute Gasteiger partial charge is 0.237 e. The SMILES string of the molecule is CCc1ccc(CN(C(=O)CNC(C)CC)C2CC2)cc1. The highest BCUT2D eigenvalue weighted by Gasteiger charge is 2.32. The van der Waals surface area contributed by atoms with Gasteiger partial charge in [0.25, 0.3) is 0 Å². The van der Waals surface area contributed by atoms with Crippen LogP contribution in [0.1, 0.15) is 51.2 Å². The fourth-order valence-corrected chi connectivity index (χ4v) is 2.39. The summed E-state index contributed by atoms with van der Waals surface area (Å²) in [6, 6.07) is 9.51. The number of hydrogen-bond acceptors (Lipinski definition) is 2. The van der Waals surface area contributed by atoms with Crippen LogP contribution in [0.4, 0.5) is 0 Å². The minimum absolute atomic E-state index is 0.234. The molecule has 0 aromatic heterocycles. The molecule has 3 nitrogen and oxygen atoms in total. The van der Waals surface area contributed by atoms with Crippen molar-refractivity contribution < 1.29 is 4.79 Å². The van der Waals surface area contributed by atoms with E-state index < -0.39 is 0 Å². The first-order valence-electron chi connectivity index (χ1n) is 8.24. The van der Waals surface area contributed by atoms with E-state index in [-0.39, 0.29) is 5.91 Å².